The van der Waals surface area contributed by atoms with Crippen molar-refractivity contribution in [2.75, 3.05) is 0 Å². The van der Waals surface area contributed by atoms with Crippen LogP contribution in [0.2, 0.25) is 0 Å². The highest BCUT2D eigenvalue weighted by Crippen LogP contribution is 2.10. The molecule has 56 valence electrons. The number of aromatic nitrogens is 1. The molecular formula is C4H5NO3S2. The highest BCUT2D eigenvalue weighted by Gasteiger charge is 2.07. The fourth-order valence-electron chi connectivity index (χ4n) is 0.557. The second kappa shape index (κ2) is 2.65. The number of aromatic amines is 1. The lowest BCUT2D eigenvalue weighted by molar-refractivity contribution is 0.566. The van der Waals surface area contributed by atoms with Gasteiger partial charge < -0.3 is 9.54 Å². The van der Waals surface area contributed by atoms with E-state index in [4.69, 9.17) is 4.55 Å². The monoisotopic (exact) mass is 179 g/mol. The van der Waals surface area contributed by atoms with Gasteiger partial charge >= 0.3 is 4.87 Å². The lowest BCUT2D eigenvalue weighted by atomic mass is 10.6. The van der Waals surface area contributed by atoms with Crippen LogP contribution in [-0.2, 0) is 11.1 Å². The first kappa shape index (κ1) is 7.64. The number of H-pyrrole nitrogens is 1. The number of hydrogen-bond donors (Lipinski definition) is 2. The maximum absolute atomic E-state index is 10.5. The Labute approximate surface area is 63.2 Å². The smallest absolute Gasteiger partial charge is 0.305 e. The molecule has 0 bridgehead atoms. The number of hydrogen-bond acceptors (Lipinski definition) is 3. The molecule has 0 saturated carbocycles. The molecule has 1 unspecified atom stereocenters. The number of nitrogens with one attached hydrogen (secondary N) is 1. The van der Waals surface area contributed by atoms with E-state index in [1.807, 2.05) is 0 Å². The van der Waals surface area contributed by atoms with E-state index in [-0.39, 0.29) is 9.08 Å². The van der Waals surface area contributed by atoms with Gasteiger partial charge in [-0.15, -0.1) is 0 Å². The molecule has 0 spiro atoms. The Morgan fingerprint density at radius 2 is 2.30 bits per heavy atom. The number of thiazole rings is 1. The summed E-state index contributed by atoms with van der Waals surface area (Å²) in [6.45, 7) is 1.58. The van der Waals surface area contributed by atoms with Gasteiger partial charge in [0.2, 0.25) is 0 Å². The van der Waals surface area contributed by atoms with Gasteiger partial charge in [0.1, 0.15) is 4.21 Å². The Balaban J connectivity index is 3.28. The van der Waals surface area contributed by atoms with E-state index in [2.05, 4.69) is 4.98 Å². The maximum atomic E-state index is 10.5. The number of aryl methyl sites for hydroxylation is 1. The fourth-order valence-corrected chi connectivity index (χ4v) is 1.96. The molecule has 0 saturated heterocycles. The highest BCUT2D eigenvalue weighted by atomic mass is 32.2. The van der Waals surface area contributed by atoms with Crippen LogP contribution >= 0.6 is 11.3 Å². The van der Waals surface area contributed by atoms with Gasteiger partial charge in [0.15, 0.2) is 11.1 Å². The van der Waals surface area contributed by atoms with Crippen LogP contribution in [0.1, 0.15) is 5.69 Å². The topological polar surface area (TPSA) is 70.2 Å². The first-order chi connectivity index (χ1) is 4.61. The van der Waals surface area contributed by atoms with E-state index >= 15 is 0 Å². The second-order valence-electron chi connectivity index (χ2n) is 1.68. The molecule has 1 aromatic rings. The van der Waals surface area contributed by atoms with Crippen molar-refractivity contribution in [3.63, 3.8) is 0 Å². The Morgan fingerprint density at radius 3 is 2.50 bits per heavy atom. The lowest BCUT2D eigenvalue weighted by Crippen LogP contribution is -1.91. The molecule has 0 aliphatic rings. The van der Waals surface area contributed by atoms with Gasteiger partial charge in [0, 0.05) is 5.69 Å². The molecule has 0 amide bonds. The van der Waals surface area contributed by atoms with E-state index in [1.54, 1.807) is 6.92 Å². The molecule has 4 nitrogen and oxygen atoms in total. The van der Waals surface area contributed by atoms with E-state index in [0.29, 0.717) is 5.69 Å². The lowest BCUT2D eigenvalue weighted by Gasteiger charge is -1.85. The molecule has 6 heteroatoms. The van der Waals surface area contributed by atoms with Gasteiger partial charge in [-0.05, 0) is 6.92 Å². The van der Waals surface area contributed by atoms with Crippen LogP contribution in [-0.4, -0.2) is 13.7 Å². The normalized spacial score (nSPS) is 13.4. The summed E-state index contributed by atoms with van der Waals surface area (Å²) in [4.78, 5) is 12.6. The zero-order chi connectivity index (χ0) is 7.72. The summed E-state index contributed by atoms with van der Waals surface area (Å²) in [5.41, 5.74) is 0.468. The summed E-state index contributed by atoms with van der Waals surface area (Å²) in [7, 11) is 0. The number of rotatable bonds is 1. The minimum Gasteiger partial charge on any atom is -0.316 e. The average Bonchev–Trinajstić information content (AvgIpc) is 2.10. The van der Waals surface area contributed by atoms with Crippen molar-refractivity contribution in [2.24, 2.45) is 0 Å². The van der Waals surface area contributed by atoms with Crippen LogP contribution in [0.3, 0.4) is 0 Å². The van der Waals surface area contributed by atoms with Crippen molar-refractivity contribution < 1.29 is 8.76 Å². The molecule has 1 heterocycles. The Hall–Kier alpha value is -0.460. The van der Waals surface area contributed by atoms with Crippen molar-refractivity contribution in [1.82, 2.24) is 4.98 Å². The Kier molecular flexibility index (Phi) is 2.02. The molecule has 1 aromatic heterocycles. The van der Waals surface area contributed by atoms with Crippen LogP contribution in [0.4, 0.5) is 0 Å². The van der Waals surface area contributed by atoms with Crippen LogP contribution < -0.4 is 4.87 Å². The summed E-state index contributed by atoms with van der Waals surface area (Å²) < 4.78 is 19.1. The zero-order valence-corrected chi connectivity index (χ0v) is 6.71. The van der Waals surface area contributed by atoms with E-state index < -0.39 is 11.1 Å². The van der Waals surface area contributed by atoms with Gasteiger partial charge in [-0.25, -0.2) is 4.21 Å². The minimum absolute atomic E-state index is 0.199. The molecule has 0 radical (unpaired) electrons. The van der Waals surface area contributed by atoms with Crippen LogP contribution in [0, 0.1) is 6.92 Å². The van der Waals surface area contributed by atoms with E-state index in [9.17, 15) is 9.00 Å². The zero-order valence-electron chi connectivity index (χ0n) is 5.08. The average molecular weight is 179 g/mol. The molecule has 0 aromatic carbocycles. The molecule has 0 aliphatic heterocycles. The van der Waals surface area contributed by atoms with Crippen molar-refractivity contribution in [1.29, 1.82) is 0 Å². The maximum Gasteiger partial charge on any atom is 0.305 e. The standard InChI is InChI=1S/C4H5NO3S2/c1-2-3(10(7)8)9-4(6)5-2/h1H3,(H,5,6)(H,7,8). The van der Waals surface area contributed by atoms with Crippen molar-refractivity contribution >= 4 is 22.4 Å². The molecule has 2 N–H and O–H groups in total. The SMILES string of the molecule is Cc1[nH]c(=O)sc1S(=O)O. The van der Waals surface area contributed by atoms with Crippen molar-refractivity contribution in [3.8, 4) is 0 Å². The predicted octanol–water partition coefficient (Wildman–Crippen LogP) is 0.325. The summed E-state index contributed by atoms with van der Waals surface area (Å²) in [6.07, 6.45) is 0. The predicted molar refractivity (Wildman–Crippen MR) is 38.7 cm³/mol. The molecular weight excluding hydrogens is 174 g/mol. The third kappa shape index (κ3) is 1.34. The third-order valence-corrected chi connectivity index (χ3v) is 3.02. The quantitative estimate of drug-likeness (QED) is 0.610. The van der Waals surface area contributed by atoms with Gasteiger partial charge in [-0.2, -0.15) is 0 Å². The van der Waals surface area contributed by atoms with Gasteiger partial charge in [-0.3, -0.25) is 4.79 Å². The summed E-state index contributed by atoms with van der Waals surface area (Å²) in [5.74, 6) is 0. The van der Waals surface area contributed by atoms with Crippen LogP contribution in [0.25, 0.3) is 0 Å². The minimum atomic E-state index is -2.03. The summed E-state index contributed by atoms with van der Waals surface area (Å²) in [5, 5.41) is 0. The van der Waals surface area contributed by atoms with Crippen molar-refractivity contribution in [3.05, 3.63) is 15.4 Å². The Bertz CT molecular complexity index is 313. The van der Waals surface area contributed by atoms with Crippen LogP contribution in [0.5, 0.6) is 0 Å². The first-order valence-electron chi connectivity index (χ1n) is 2.42. The van der Waals surface area contributed by atoms with Gasteiger partial charge in [0.25, 0.3) is 0 Å². The van der Waals surface area contributed by atoms with Crippen LogP contribution in [0.15, 0.2) is 9.00 Å². The molecule has 1 atom stereocenters. The molecule has 0 aliphatic carbocycles. The van der Waals surface area contributed by atoms with Gasteiger partial charge in [-0.1, -0.05) is 11.3 Å². The third-order valence-electron chi connectivity index (χ3n) is 0.940. The molecule has 10 heavy (non-hydrogen) atoms. The summed E-state index contributed by atoms with van der Waals surface area (Å²) in [6, 6.07) is 0. The van der Waals surface area contributed by atoms with Gasteiger partial charge in [0.05, 0.1) is 0 Å². The highest BCUT2D eigenvalue weighted by molar-refractivity contribution is 7.81. The first-order valence-corrected chi connectivity index (χ1v) is 4.34. The molecule has 1 rings (SSSR count). The fraction of sp³-hybridized carbons (Fsp3) is 0.250. The van der Waals surface area contributed by atoms with E-state index in [0.717, 1.165) is 11.3 Å². The van der Waals surface area contributed by atoms with E-state index in [1.165, 1.54) is 0 Å². The summed E-state index contributed by atoms with van der Waals surface area (Å²) >= 11 is -1.27. The second-order valence-corrected chi connectivity index (χ2v) is 3.82. The van der Waals surface area contributed by atoms with Crippen molar-refractivity contribution in [2.45, 2.75) is 11.1 Å². The largest absolute Gasteiger partial charge is 0.316 e. The Morgan fingerprint density at radius 1 is 1.70 bits per heavy atom. The molecule has 0 fully saturated rings.